The predicted octanol–water partition coefficient (Wildman–Crippen LogP) is 12.5. The molecule has 10 aromatic rings. The first-order valence-corrected chi connectivity index (χ1v) is 18.9. The van der Waals surface area contributed by atoms with E-state index in [9.17, 15) is 0 Å². The molecule has 2 aromatic heterocycles. The van der Waals surface area contributed by atoms with E-state index in [-0.39, 0.29) is 6.17 Å². The van der Waals surface area contributed by atoms with Gasteiger partial charge in [0.05, 0.1) is 16.7 Å². The van der Waals surface area contributed by atoms with E-state index in [0.717, 1.165) is 72.3 Å². The van der Waals surface area contributed by atoms with Gasteiger partial charge in [0.15, 0.2) is 11.4 Å². The Morgan fingerprint density at radius 3 is 1.75 bits per heavy atom. The molecule has 0 saturated carbocycles. The molecule has 264 valence electrons. The number of aliphatic imine (C=N–C) groups is 2. The summed E-state index contributed by atoms with van der Waals surface area (Å²) in [7, 11) is 0. The van der Waals surface area contributed by atoms with Gasteiger partial charge in [-0.2, -0.15) is 0 Å². The molecule has 0 fully saturated rings. The summed E-state index contributed by atoms with van der Waals surface area (Å²) in [4.78, 5) is 10.4. The van der Waals surface area contributed by atoms with Crippen LogP contribution < -0.4 is 5.32 Å². The summed E-state index contributed by atoms with van der Waals surface area (Å²) < 4.78 is 8.90. The number of para-hydroxylation sites is 3. The number of amidine groups is 2. The van der Waals surface area contributed by atoms with Crippen LogP contribution in [0.1, 0.15) is 22.9 Å². The first-order valence-electron chi connectivity index (χ1n) is 18.9. The molecule has 0 saturated heterocycles. The van der Waals surface area contributed by atoms with Crippen molar-refractivity contribution in [2.75, 3.05) is 0 Å². The lowest BCUT2D eigenvalue weighted by atomic mass is 9.99. The molecule has 0 radical (unpaired) electrons. The molecule has 0 bridgehead atoms. The molecule has 11 rings (SSSR count). The molecule has 5 heteroatoms. The van der Waals surface area contributed by atoms with E-state index >= 15 is 0 Å². The lowest BCUT2D eigenvalue weighted by Gasteiger charge is -2.24. The number of fused-ring (bicyclic) bond motifs is 6. The van der Waals surface area contributed by atoms with Gasteiger partial charge in [0.1, 0.15) is 17.6 Å². The molecule has 8 aromatic carbocycles. The second-order valence-corrected chi connectivity index (χ2v) is 14.2. The summed E-state index contributed by atoms with van der Waals surface area (Å²) in [5, 5.41) is 8.25. The number of furan rings is 1. The van der Waals surface area contributed by atoms with Gasteiger partial charge >= 0.3 is 0 Å². The Balaban J connectivity index is 1.01. The highest BCUT2D eigenvalue weighted by Gasteiger charge is 2.24. The Bertz CT molecular complexity index is 3140. The van der Waals surface area contributed by atoms with Crippen molar-refractivity contribution < 1.29 is 4.42 Å². The highest BCUT2D eigenvalue weighted by molar-refractivity contribution is 6.14. The van der Waals surface area contributed by atoms with Crippen LogP contribution >= 0.6 is 0 Å². The largest absolute Gasteiger partial charge is 0.454 e. The van der Waals surface area contributed by atoms with Gasteiger partial charge in [-0.1, -0.05) is 170 Å². The van der Waals surface area contributed by atoms with Crippen molar-refractivity contribution in [1.82, 2.24) is 9.88 Å². The van der Waals surface area contributed by atoms with Crippen molar-refractivity contribution >= 4 is 55.4 Å². The molecule has 3 heterocycles. The second kappa shape index (κ2) is 13.1. The van der Waals surface area contributed by atoms with Crippen molar-refractivity contribution in [2.24, 2.45) is 9.98 Å². The smallest absolute Gasteiger partial charge is 0.159 e. The zero-order valence-electron chi connectivity index (χ0n) is 30.3. The van der Waals surface area contributed by atoms with Crippen LogP contribution in [0, 0.1) is 0 Å². The number of hydrogen-bond acceptors (Lipinski definition) is 4. The van der Waals surface area contributed by atoms with E-state index in [1.54, 1.807) is 0 Å². The summed E-state index contributed by atoms with van der Waals surface area (Å²) in [6.07, 6.45) is -0.374. The molecule has 1 aliphatic rings. The second-order valence-electron chi connectivity index (χ2n) is 14.2. The van der Waals surface area contributed by atoms with Gasteiger partial charge < -0.3 is 14.3 Å². The molecule has 0 amide bonds. The average molecular weight is 719 g/mol. The van der Waals surface area contributed by atoms with E-state index in [0.29, 0.717) is 5.84 Å². The first kappa shape index (κ1) is 32.0. The van der Waals surface area contributed by atoms with Crippen LogP contribution in [0.15, 0.2) is 209 Å². The van der Waals surface area contributed by atoms with Crippen molar-refractivity contribution in [2.45, 2.75) is 6.17 Å². The fraction of sp³-hybridized carbons (Fsp3) is 0.0196. The number of aromatic nitrogens is 1. The minimum Gasteiger partial charge on any atom is -0.454 e. The van der Waals surface area contributed by atoms with Crippen molar-refractivity contribution in [1.29, 1.82) is 0 Å². The molecule has 5 nitrogen and oxygen atoms in total. The number of nitrogens with one attached hydrogen (secondary N) is 1. The lowest BCUT2D eigenvalue weighted by molar-refractivity contribution is 0.666. The summed E-state index contributed by atoms with van der Waals surface area (Å²) >= 11 is 0. The molecule has 1 atom stereocenters. The van der Waals surface area contributed by atoms with Crippen molar-refractivity contribution in [3.8, 4) is 27.9 Å². The van der Waals surface area contributed by atoms with Crippen LogP contribution in [0.4, 0.5) is 0 Å². The van der Waals surface area contributed by atoms with Gasteiger partial charge in [0.2, 0.25) is 0 Å². The van der Waals surface area contributed by atoms with E-state index < -0.39 is 0 Å². The summed E-state index contributed by atoms with van der Waals surface area (Å²) in [5.41, 5.74) is 12.7. The Morgan fingerprint density at radius 2 is 1.02 bits per heavy atom. The standard InChI is InChI=1S/C51H34N4O/c1-3-12-33(13-4-1)34-22-24-35(25-23-34)36-26-28-38(29-27-36)50-52-49(37-14-5-2-6-15-37)53-51(54-50)39-30-31-41-40-16-7-9-19-44(40)55(46(41)32-39)45-20-11-18-43-42-17-8-10-21-47(42)56-48(43)45/h1-32,51H,(H,52,53,54). The van der Waals surface area contributed by atoms with Crippen LogP contribution in [0.3, 0.4) is 0 Å². The van der Waals surface area contributed by atoms with E-state index in [1.165, 1.54) is 21.9 Å². The first-order chi connectivity index (χ1) is 27.7. The highest BCUT2D eigenvalue weighted by Crippen LogP contribution is 2.39. The Hall–Kier alpha value is -7.50. The van der Waals surface area contributed by atoms with Gasteiger partial charge in [0.25, 0.3) is 0 Å². The fourth-order valence-electron chi connectivity index (χ4n) is 8.12. The number of nitrogens with zero attached hydrogens (tertiary/aromatic N) is 3. The van der Waals surface area contributed by atoms with Gasteiger partial charge in [-0.25, -0.2) is 9.98 Å². The topological polar surface area (TPSA) is 54.8 Å². The van der Waals surface area contributed by atoms with Gasteiger partial charge in [-0.15, -0.1) is 0 Å². The summed E-state index contributed by atoms with van der Waals surface area (Å²) in [6.45, 7) is 0. The van der Waals surface area contributed by atoms with Gasteiger partial charge in [-0.3, -0.25) is 0 Å². The minimum absolute atomic E-state index is 0.374. The molecular weight excluding hydrogens is 685 g/mol. The maximum absolute atomic E-state index is 6.57. The average Bonchev–Trinajstić information content (AvgIpc) is 3.83. The third-order valence-corrected chi connectivity index (χ3v) is 10.9. The molecular formula is C51H34N4O. The Labute approximate surface area is 323 Å². The van der Waals surface area contributed by atoms with Crippen LogP contribution in [-0.2, 0) is 0 Å². The maximum Gasteiger partial charge on any atom is 0.159 e. The maximum atomic E-state index is 6.57. The minimum atomic E-state index is -0.374. The molecule has 56 heavy (non-hydrogen) atoms. The fourth-order valence-corrected chi connectivity index (χ4v) is 8.12. The van der Waals surface area contributed by atoms with Crippen LogP contribution in [0.5, 0.6) is 0 Å². The number of hydrogen-bond donors (Lipinski definition) is 1. The molecule has 0 aliphatic carbocycles. The van der Waals surface area contributed by atoms with E-state index in [2.05, 4.69) is 168 Å². The zero-order valence-corrected chi connectivity index (χ0v) is 30.3. The number of benzene rings is 8. The molecule has 1 aliphatic heterocycles. The summed E-state index contributed by atoms with van der Waals surface area (Å²) in [6, 6.07) is 68.0. The lowest BCUT2D eigenvalue weighted by Crippen LogP contribution is -2.33. The SMILES string of the molecule is c1ccc(C2=NC(c3ccc(-c4ccc(-c5ccccc5)cc4)cc3)=NC(c3ccc4c5ccccc5n(-c5cccc6c5oc5ccccc56)c4c3)N2)cc1. The van der Waals surface area contributed by atoms with Crippen molar-refractivity contribution in [3.05, 3.63) is 211 Å². The monoisotopic (exact) mass is 718 g/mol. The van der Waals surface area contributed by atoms with Crippen molar-refractivity contribution in [3.63, 3.8) is 0 Å². The van der Waals surface area contributed by atoms with Gasteiger partial charge in [0, 0.05) is 32.7 Å². The number of rotatable bonds is 6. The molecule has 1 unspecified atom stereocenters. The zero-order chi connectivity index (χ0) is 37.0. The van der Waals surface area contributed by atoms with Crippen LogP contribution in [-0.4, -0.2) is 16.2 Å². The van der Waals surface area contributed by atoms with Crippen LogP contribution in [0.25, 0.3) is 71.7 Å². The third kappa shape index (κ3) is 5.40. The van der Waals surface area contributed by atoms with E-state index in [1.807, 2.05) is 36.4 Å². The van der Waals surface area contributed by atoms with Gasteiger partial charge in [-0.05, 0) is 52.1 Å². The van der Waals surface area contributed by atoms with E-state index in [4.69, 9.17) is 14.4 Å². The molecule has 1 N–H and O–H groups in total. The third-order valence-electron chi connectivity index (χ3n) is 10.9. The Morgan fingerprint density at radius 1 is 0.446 bits per heavy atom. The Kier molecular flexibility index (Phi) is 7.49. The normalized spacial score (nSPS) is 14.2. The predicted molar refractivity (Wildman–Crippen MR) is 231 cm³/mol. The molecule has 0 spiro atoms. The highest BCUT2D eigenvalue weighted by atomic mass is 16.3. The van der Waals surface area contributed by atoms with Crippen LogP contribution in [0.2, 0.25) is 0 Å². The quantitative estimate of drug-likeness (QED) is 0.186. The summed E-state index contributed by atoms with van der Waals surface area (Å²) in [5.74, 6) is 1.47.